The summed E-state index contributed by atoms with van der Waals surface area (Å²) in [6.45, 7) is 8.35. The van der Waals surface area contributed by atoms with E-state index in [4.69, 9.17) is 14.3 Å². The first kappa shape index (κ1) is 25.3. The predicted molar refractivity (Wildman–Crippen MR) is 175 cm³/mol. The highest BCUT2D eigenvalue weighted by atomic mass is 16.7. The predicted octanol–water partition coefficient (Wildman–Crippen LogP) is 8.45. The van der Waals surface area contributed by atoms with Crippen molar-refractivity contribution in [1.29, 1.82) is 0 Å². The molecule has 0 N–H and O–H groups in total. The molecule has 0 spiro atoms. The number of pyridine rings is 1. The molecule has 8 rings (SSSR count). The molecule has 1 fully saturated rings. The minimum Gasteiger partial charge on any atom is -0.399 e. The van der Waals surface area contributed by atoms with Gasteiger partial charge in [-0.05, 0) is 74.9 Å². The molecule has 1 aliphatic rings. The highest BCUT2D eigenvalue weighted by Crippen LogP contribution is 2.40. The maximum Gasteiger partial charge on any atom is 0.494 e. The second-order valence-electron chi connectivity index (χ2n) is 12.3. The third-order valence-electron chi connectivity index (χ3n) is 9.20. The van der Waals surface area contributed by atoms with E-state index < -0.39 is 18.3 Å². The summed E-state index contributed by atoms with van der Waals surface area (Å²) in [5.41, 5.74) is 6.67. The molecule has 2 aromatic heterocycles. The van der Waals surface area contributed by atoms with E-state index in [-0.39, 0.29) is 0 Å². The van der Waals surface area contributed by atoms with Gasteiger partial charge in [-0.15, -0.1) is 0 Å². The van der Waals surface area contributed by atoms with Crippen molar-refractivity contribution in [3.8, 4) is 16.9 Å². The Morgan fingerprint density at radius 3 is 1.98 bits per heavy atom. The molecule has 42 heavy (non-hydrogen) atoms. The van der Waals surface area contributed by atoms with Gasteiger partial charge in [-0.2, -0.15) is 0 Å². The van der Waals surface area contributed by atoms with Gasteiger partial charge in [0.2, 0.25) is 0 Å². The van der Waals surface area contributed by atoms with Gasteiger partial charge in [0.1, 0.15) is 0 Å². The molecule has 0 radical (unpaired) electrons. The number of nitrogens with zero attached hydrogens (tertiary/aromatic N) is 2. The smallest absolute Gasteiger partial charge is 0.399 e. The van der Waals surface area contributed by atoms with E-state index in [2.05, 4.69) is 148 Å². The second-order valence-corrected chi connectivity index (χ2v) is 12.3. The Balaban J connectivity index is 1.45. The third-order valence-corrected chi connectivity index (χ3v) is 9.20. The Morgan fingerprint density at radius 1 is 0.571 bits per heavy atom. The van der Waals surface area contributed by atoms with Gasteiger partial charge in [-0.3, -0.25) is 0 Å². The van der Waals surface area contributed by atoms with Crippen molar-refractivity contribution in [2.75, 3.05) is 0 Å². The van der Waals surface area contributed by atoms with Crippen LogP contribution < -0.4 is 5.46 Å². The van der Waals surface area contributed by atoms with Crippen LogP contribution in [0.5, 0.6) is 0 Å². The molecule has 0 unspecified atom stereocenters. The van der Waals surface area contributed by atoms with Crippen molar-refractivity contribution in [2.45, 2.75) is 38.9 Å². The molecule has 5 aromatic carbocycles. The average molecular weight is 546 g/mol. The third kappa shape index (κ3) is 3.74. The lowest BCUT2D eigenvalue weighted by Gasteiger charge is -2.32. The van der Waals surface area contributed by atoms with Gasteiger partial charge in [0.25, 0.3) is 0 Å². The van der Waals surface area contributed by atoms with Crippen LogP contribution >= 0.6 is 0 Å². The minimum absolute atomic E-state index is 0.408. The van der Waals surface area contributed by atoms with E-state index in [9.17, 15) is 0 Å². The van der Waals surface area contributed by atoms with Gasteiger partial charge < -0.3 is 13.9 Å². The van der Waals surface area contributed by atoms with E-state index in [1.807, 2.05) is 0 Å². The number of benzene rings is 5. The van der Waals surface area contributed by atoms with Crippen LogP contribution in [0.25, 0.3) is 60.4 Å². The van der Waals surface area contributed by atoms with Crippen LogP contribution in [0.2, 0.25) is 0 Å². The first-order valence-corrected chi connectivity index (χ1v) is 14.6. The first-order valence-electron chi connectivity index (χ1n) is 14.6. The van der Waals surface area contributed by atoms with Crippen molar-refractivity contribution in [2.24, 2.45) is 0 Å². The molecule has 204 valence electrons. The summed E-state index contributed by atoms with van der Waals surface area (Å²) in [6, 6.07) is 40.9. The molecule has 0 amide bonds. The molecule has 1 saturated heterocycles. The molecular weight excluding hydrogens is 515 g/mol. The summed E-state index contributed by atoms with van der Waals surface area (Å²) in [6.07, 6.45) is 0. The van der Waals surface area contributed by atoms with Crippen molar-refractivity contribution in [1.82, 2.24) is 9.55 Å². The zero-order chi connectivity index (χ0) is 28.6. The topological polar surface area (TPSA) is 36.3 Å². The lowest BCUT2D eigenvalue weighted by atomic mass is 9.78. The van der Waals surface area contributed by atoms with Crippen molar-refractivity contribution < 1.29 is 9.31 Å². The summed E-state index contributed by atoms with van der Waals surface area (Å²) < 4.78 is 15.2. The van der Waals surface area contributed by atoms with Crippen molar-refractivity contribution in [3.05, 3.63) is 115 Å². The lowest BCUT2D eigenvalue weighted by molar-refractivity contribution is 0.00578. The van der Waals surface area contributed by atoms with E-state index in [1.54, 1.807) is 0 Å². The van der Waals surface area contributed by atoms with Gasteiger partial charge in [-0.1, -0.05) is 78.9 Å². The van der Waals surface area contributed by atoms with Crippen LogP contribution in [0.4, 0.5) is 0 Å². The summed E-state index contributed by atoms with van der Waals surface area (Å²) >= 11 is 0. The fourth-order valence-electron chi connectivity index (χ4n) is 6.28. The largest absolute Gasteiger partial charge is 0.494 e. The molecule has 4 nitrogen and oxygen atoms in total. The van der Waals surface area contributed by atoms with Crippen LogP contribution in [0.15, 0.2) is 115 Å². The van der Waals surface area contributed by atoms with E-state index in [0.717, 1.165) is 38.7 Å². The first-order chi connectivity index (χ1) is 20.3. The Labute approximate surface area is 245 Å². The zero-order valence-electron chi connectivity index (χ0n) is 24.3. The highest BCUT2D eigenvalue weighted by Gasteiger charge is 2.51. The minimum atomic E-state index is -0.444. The van der Waals surface area contributed by atoms with Crippen LogP contribution in [-0.4, -0.2) is 27.9 Å². The monoisotopic (exact) mass is 546 g/mol. The number of fused-ring (bicyclic) bond motifs is 6. The summed E-state index contributed by atoms with van der Waals surface area (Å²) in [5, 5.41) is 5.87. The molecule has 0 bridgehead atoms. The summed E-state index contributed by atoms with van der Waals surface area (Å²) in [4.78, 5) is 5.31. The summed E-state index contributed by atoms with van der Waals surface area (Å²) in [5.74, 6) is 0. The van der Waals surface area contributed by atoms with Crippen LogP contribution in [0, 0.1) is 0 Å². The Kier molecular flexibility index (Phi) is 5.43. The van der Waals surface area contributed by atoms with E-state index in [1.165, 1.54) is 27.2 Å². The molecule has 7 aromatic rings. The van der Waals surface area contributed by atoms with Gasteiger partial charge >= 0.3 is 7.12 Å². The maximum atomic E-state index is 6.40. The van der Waals surface area contributed by atoms with Crippen molar-refractivity contribution >= 4 is 56.1 Å². The number of para-hydroxylation sites is 2. The average Bonchev–Trinajstić information content (AvgIpc) is 3.44. The molecular formula is C37H31BN2O2. The SMILES string of the molecule is CC1(C)OB(c2ccc3c(c2)nc(-c2ccccc2)c2cc4c5ccccc5n(-c5ccccc5)c4cc23)OC1(C)C. The van der Waals surface area contributed by atoms with Gasteiger partial charge in [0.05, 0.1) is 33.4 Å². The Hall–Kier alpha value is -4.45. The van der Waals surface area contributed by atoms with E-state index in [0.29, 0.717) is 0 Å². The number of rotatable bonds is 3. The van der Waals surface area contributed by atoms with Gasteiger partial charge in [0, 0.05) is 32.8 Å². The van der Waals surface area contributed by atoms with Gasteiger partial charge in [-0.25, -0.2) is 4.98 Å². The maximum absolute atomic E-state index is 6.40. The fourth-order valence-corrected chi connectivity index (χ4v) is 6.28. The van der Waals surface area contributed by atoms with E-state index >= 15 is 0 Å². The zero-order valence-corrected chi connectivity index (χ0v) is 24.3. The van der Waals surface area contributed by atoms with Crippen molar-refractivity contribution in [3.63, 3.8) is 0 Å². The number of aromatic nitrogens is 2. The van der Waals surface area contributed by atoms with Crippen LogP contribution in [0.3, 0.4) is 0 Å². The molecule has 1 aliphatic heterocycles. The Morgan fingerprint density at radius 2 is 1.24 bits per heavy atom. The molecule has 0 aliphatic carbocycles. The fraction of sp³-hybridized carbons (Fsp3) is 0.162. The number of hydrogen-bond donors (Lipinski definition) is 0. The van der Waals surface area contributed by atoms with Gasteiger partial charge in [0.15, 0.2) is 0 Å². The lowest BCUT2D eigenvalue weighted by Crippen LogP contribution is -2.41. The number of hydrogen-bond acceptors (Lipinski definition) is 3. The second kappa shape index (κ2) is 9.03. The van der Waals surface area contributed by atoms with Crippen LogP contribution in [-0.2, 0) is 9.31 Å². The molecule has 0 atom stereocenters. The molecule has 5 heteroatoms. The molecule has 3 heterocycles. The Bertz CT molecular complexity index is 2130. The normalized spacial score (nSPS) is 16.2. The molecule has 0 saturated carbocycles. The van der Waals surface area contributed by atoms with Crippen LogP contribution in [0.1, 0.15) is 27.7 Å². The highest BCUT2D eigenvalue weighted by molar-refractivity contribution is 6.62. The standard InChI is InChI=1S/C37H31BN2O2/c1-36(2)37(3,4)42-38(41-36)25-19-20-27-29-23-34-30(22-31(29)35(39-32(27)21-25)24-13-7-5-8-14-24)28-17-11-12-18-33(28)40(34)26-15-9-6-10-16-26/h5-23H,1-4H3. The summed E-state index contributed by atoms with van der Waals surface area (Å²) in [7, 11) is -0.444. The quantitative estimate of drug-likeness (QED) is 0.165.